The van der Waals surface area contributed by atoms with E-state index in [2.05, 4.69) is 4.98 Å². The van der Waals surface area contributed by atoms with Crippen molar-refractivity contribution in [1.82, 2.24) is 4.98 Å². The highest BCUT2D eigenvalue weighted by Crippen LogP contribution is 2.21. The highest BCUT2D eigenvalue weighted by molar-refractivity contribution is 7.90. The molecule has 0 saturated carbocycles. The Bertz CT molecular complexity index is 768. The fourth-order valence-corrected chi connectivity index (χ4v) is 4.00. The molecule has 0 bridgehead atoms. The summed E-state index contributed by atoms with van der Waals surface area (Å²) < 4.78 is 37.5. The first kappa shape index (κ1) is 14.6. The van der Waals surface area contributed by atoms with Gasteiger partial charge in [0.05, 0.1) is 10.5 Å². The highest BCUT2D eigenvalue weighted by Gasteiger charge is 2.21. The van der Waals surface area contributed by atoms with Crippen molar-refractivity contribution in [2.75, 3.05) is 0 Å². The first-order chi connectivity index (χ1) is 9.29. The lowest BCUT2D eigenvalue weighted by atomic mass is 10.2. The molecule has 1 aromatic heterocycles. The quantitative estimate of drug-likeness (QED) is 0.875. The zero-order valence-electron chi connectivity index (χ0n) is 10.3. The molecule has 2 aromatic rings. The van der Waals surface area contributed by atoms with Gasteiger partial charge in [0, 0.05) is 11.1 Å². The first-order valence-corrected chi connectivity index (χ1v) is 7.99. The number of nitrogens with zero attached hydrogens (tertiary/aromatic N) is 1. The molecule has 0 radical (unpaired) electrons. The van der Waals surface area contributed by atoms with Crippen LogP contribution in [0.2, 0.25) is 0 Å². The van der Waals surface area contributed by atoms with Gasteiger partial charge in [-0.25, -0.2) is 22.6 Å². The molecular formula is C12H10FNO4S2. The topological polar surface area (TPSA) is 84.3 Å². The molecule has 1 aromatic carbocycles. The summed E-state index contributed by atoms with van der Waals surface area (Å²) in [4.78, 5) is 14.6. The number of carbonyl (C=O) groups is 1. The minimum Gasteiger partial charge on any atom is -0.478 e. The molecule has 0 fully saturated rings. The van der Waals surface area contributed by atoms with Gasteiger partial charge in [-0.1, -0.05) is 0 Å². The van der Waals surface area contributed by atoms with Gasteiger partial charge in [-0.05, 0) is 25.1 Å². The molecule has 0 aliphatic rings. The van der Waals surface area contributed by atoms with Crippen LogP contribution < -0.4 is 0 Å². The number of halogens is 1. The number of hydrogen-bond acceptors (Lipinski definition) is 5. The van der Waals surface area contributed by atoms with Gasteiger partial charge in [-0.3, -0.25) is 0 Å². The van der Waals surface area contributed by atoms with Crippen LogP contribution in [0.3, 0.4) is 0 Å². The molecule has 2 rings (SSSR count). The summed E-state index contributed by atoms with van der Waals surface area (Å²) in [6, 6.07) is 2.72. The Morgan fingerprint density at radius 2 is 2.15 bits per heavy atom. The number of carboxylic acids is 1. The number of aromatic nitrogens is 1. The summed E-state index contributed by atoms with van der Waals surface area (Å²) in [6.45, 7) is 1.74. The van der Waals surface area contributed by atoms with Crippen molar-refractivity contribution >= 4 is 27.1 Å². The van der Waals surface area contributed by atoms with E-state index in [1.807, 2.05) is 0 Å². The lowest BCUT2D eigenvalue weighted by molar-refractivity contribution is 0.0691. The van der Waals surface area contributed by atoms with Crippen LogP contribution in [0, 0.1) is 12.7 Å². The zero-order valence-corrected chi connectivity index (χ0v) is 12.0. The Labute approximate surface area is 118 Å². The van der Waals surface area contributed by atoms with E-state index < -0.39 is 27.2 Å². The maximum atomic E-state index is 13.3. The zero-order chi connectivity index (χ0) is 14.9. The molecule has 1 heterocycles. The molecule has 0 aliphatic heterocycles. The number of carboxylic acid groups (broad SMARTS) is 1. The van der Waals surface area contributed by atoms with Crippen LogP contribution in [0.1, 0.15) is 21.1 Å². The fraction of sp³-hybridized carbons (Fsp3) is 0.167. The third kappa shape index (κ3) is 3.02. The number of thiazole rings is 1. The van der Waals surface area contributed by atoms with Crippen LogP contribution >= 0.6 is 11.3 Å². The fourth-order valence-electron chi connectivity index (χ4n) is 1.58. The average Bonchev–Trinajstić information content (AvgIpc) is 2.73. The van der Waals surface area contributed by atoms with Crippen LogP contribution in [0.15, 0.2) is 28.5 Å². The van der Waals surface area contributed by atoms with E-state index in [1.165, 1.54) is 11.3 Å². The lowest BCUT2D eigenvalue weighted by Crippen LogP contribution is -2.08. The molecule has 0 saturated heterocycles. The van der Waals surface area contributed by atoms with Gasteiger partial charge in [-0.15, -0.1) is 11.3 Å². The molecule has 0 amide bonds. The molecular weight excluding hydrogens is 305 g/mol. The number of benzene rings is 1. The maximum absolute atomic E-state index is 13.3. The van der Waals surface area contributed by atoms with Gasteiger partial charge in [0.25, 0.3) is 0 Å². The summed E-state index contributed by atoms with van der Waals surface area (Å²) in [5.41, 5.74) is 0.0481. The van der Waals surface area contributed by atoms with E-state index in [4.69, 9.17) is 5.11 Å². The monoisotopic (exact) mass is 315 g/mol. The van der Waals surface area contributed by atoms with E-state index >= 15 is 0 Å². The third-order valence-electron chi connectivity index (χ3n) is 2.51. The van der Waals surface area contributed by atoms with E-state index in [9.17, 15) is 17.6 Å². The van der Waals surface area contributed by atoms with Crippen LogP contribution in [-0.2, 0) is 15.6 Å². The molecule has 0 atom stereocenters. The van der Waals surface area contributed by atoms with Crippen LogP contribution in [0.5, 0.6) is 0 Å². The number of aryl methyl sites for hydroxylation is 1. The number of rotatable bonds is 4. The Kier molecular flexibility index (Phi) is 3.87. The summed E-state index contributed by atoms with van der Waals surface area (Å²) in [7, 11) is -3.75. The van der Waals surface area contributed by atoms with Crippen molar-refractivity contribution in [2.45, 2.75) is 17.6 Å². The third-order valence-corrected chi connectivity index (χ3v) is 5.28. The molecule has 0 unspecified atom stereocenters. The van der Waals surface area contributed by atoms with Crippen molar-refractivity contribution < 1.29 is 22.7 Å². The average molecular weight is 315 g/mol. The second-order valence-corrected chi connectivity index (χ2v) is 7.02. The van der Waals surface area contributed by atoms with Gasteiger partial charge in [-0.2, -0.15) is 0 Å². The van der Waals surface area contributed by atoms with Crippen molar-refractivity contribution in [3.63, 3.8) is 0 Å². The van der Waals surface area contributed by atoms with Gasteiger partial charge in [0.15, 0.2) is 9.84 Å². The van der Waals surface area contributed by atoms with Crippen molar-refractivity contribution in [2.24, 2.45) is 0 Å². The minimum absolute atomic E-state index is 0.232. The number of sulfone groups is 1. The summed E-state index contributed by atoms with van der Waals surface area (Å²) >= 11 is 1.20. The van der Waals surface area contributed by atoms with Crippen LogP contribution in [0.4, 0.5) is 4.39 Å². The molecule has 5 nitrogen and oxygen atoms in total. The van der Waals surface area contributed by atoms with E-state index in [1.54, 1.807) is 12.3 Å². The second kappa shape index (κ2) is 5.29. The smallest absolute Gasteiger partial charge is 0.338 e. The summed E-state index contributed by atoms with van der Waals surface area (Å²) in [5.74, 6) is -2.82. The molecule has 0 spiro atoms. The molecule has 1 N–H and O–H groups in total. The van der Waals surface area contributed by atoms with E-state index in [0.29, 0.717) is 10.7 Å². The van der Waals surface area contributed by atoms with E-state index in [0.717, 1.165) is 18.2 Å². The Morgan fingerprint density at radius 3 is 2.70 bits per heavy atom. The lowest BCUT2D eigenvalue weighted by Gasteiger charge is -2.04. The molecule has 20 heavy (non-hydrogen) atoms. The minimum atomic E-state index is -3.75. The van der Waals surface area contributed by atoms with Crippen molar-refractivity contribution in [1.29, 1.82) is 0 Å². The predicted octanol–water partition coefficient (Wildman–Crippen LogP) is 2.26. The Morgan fingerprint density at radius 1 is 1.45 bits per heavy atom. The van der Waals surface area contributed by atoms with E-state index in [-0.39, 0.29) is 10.6 Å². The number of aromatic carboxylic acids is 1. The number of hydrogen-bond donors (Lipinski definition) is 1. The first-order valence-electron chi connectivity index (χ1n) is 5.46. The molecule has 106 valence electrons. The molecule has 0 aliphatic carbocycles. The van der Waals surface area contributed by atoms with Gasteiger partial charge < -0.3 is 5.11 Å². The van der Waals surface area contributed by atoms with Crippen LogP contribution in [-0.4, -0.2) is 24.5 Å². The predicted molar refractivity (Wildman–Crippen MR) is 71.1 cm³/mol. The summed E-state index contributed by atoms with van der Waals surface area (Å²) in [6.07, 6.45) is 0. The van der Waals surface area contributed by atoms with Crippen molar-refractivity contribution in [3.8, 4) is 0 Å². The largest absolute Gasteiger partial charge is 0.478 e. The maximum Gasteiger partial charge on any atom is 0.338 e. The normalized spacial score (nSPS) is 11.5. The SMILES string of the molecule is Cc1csc(CS(=O)(=O)c2ccc(F)c(C(=O)O)c2)n1. The van der Waals surface area contributed by atoms with Crippen molar-refractivity contribution in [3.05, 3.63) is 45.7 Å². The van der Waals surface area contributed by atoms with Crippen LogP contribution in [0.25, 0.3) is 0 Å². The Balaban J connectivity index is 2.39. The van der Waals surface area contributed by atoms with Gasteiger partial charge >= 0.3 is 5.97 Å². The molecule has 8 heteroatoms. The Hall–Kier alpha value is -1.80. The van der Waals surface area contributed by atoms with Gasteiger partial charge in [0.2, 0.25) is 0 Å². The van der Waals surface area contributed by atoms with Gasteiger partial charge in [0.1, 0.15) is 16.6 Å². The second-order valence-electron chi connectivity index (χ2n) is 4.09. The summed E-state index contributed by atoms with van der Waals surface area (Å²) in [5, 5.41) is 10.9. The highest BCUT2D eigenvalue weighted by atomic mass is 32.2. The standard InChI is InChI=1S/C12H10FNO4S2/c1-7-5-19-11(14-7)6-20(17,18)8-2-3-10(13)9(4-8)12(15)16/h2-5H,6H2,1H3,(H,15,16).